The first kappa shape index (κ1) is 23.3. The maximum Gasteiger partial charge on any atom is 0.266 e. The number of hydrogen-bond acceptors (Lipinski definition) is 3. The smallest absolute Gasteiger partial charge is 0.266 e. The second-order valence-corrected chi connectivity index (χ2v) is 9.03. The molecule has 5 heteroatoms. The van der Waals surface area contributed by atoms with Crippen molar-refractivity contribution in [2.45, 2.75) is 20.5 Å². The quantitative estimate of drug-likeness (QED) is 0.218. The van der Waals surface area contributed by atoms with Crippen molar-refractivity contribution in [3.63, 3.8) is 0 Å². The molecule has 0 saturated heterocycles. The third kappa shape index (κ3) is 5.54. The number of carbonyl (C=O) groups excluding carboxylic acids is 1. The molecule has 4 rings (SSSR count). The molecule has 0 aliphatic rings. The predicted octanol–water partition coefficient (Wildman–Crippen LogP) is 7.34. The molecule has 168 valence electrons. The van der Waals surface area contributed by atoms with Crippen LogP contribution in [0.25, 0.3) is 16.8 Å². The molecule has 0 radical (unpaired) electrons. The van der Waals surface area contributed by atoms with E-state index in [1.165, 1.54) is 11.1 Å². The van der Waals surface area contributed by atoms with Crippen LogP contribution < -0.4 is 10.1 Å². The molecule has 0 saturated carbocycles. The molecule has 0 aromatic heterocycles. The standard InChI is InChI=1S/C29H23BrN2O2/c1-19-13-20(2)15-21(14-19)18-34-28-12-7-22-5-3-4-6-26(22)27(28)16-23(17-31)29(33)32-25-10-8-24(30)9-11-25/h3-16H,18H2,1-2H3,(H,32,33)/b23-16+. The minimum atomic E-state index is -0.474. The van der Waals surface area contributed by atoms with Gasteiger partial charge in [0.05, 0.1) is 0 Å². The number of carbonyl (C=O) groups is 1. The fraction of sp³-hybridized carbons (Fsp3) is 0.103. The second kappa shape index (κ2) is 10.4. The van der Waals surface area contributed by atoms with E-state index in [2.05, 4.69) is 53.3 Å². The Morgan fingerprint density at radius 3 is 2.41 bits per heavy atom. The summed E-state index contributed by atoms with van der Waals surface area (Å²) < 4.78 is 7.11. The van der Waals surface area contributed by atoms with Gasteiger partial charge in [-0.3, -0.25) is 4.79 Å². The van der Waals surface area contributed by atoms with Gasteiger partial charge in [-0.15, -0.1) is 0 Å². The zero-order valence-corrected chi connectivity index (χ0v) is 20.5. The van der Waals surface area contributed by atoms with E-state index in [9.17, 15) is 10.1 Å². The Bertz CT molecular complexity index is 1410. The minimum Gasteiger partial charge on any atom is -0.488 e. The third-order valence-corrected chi connectivity index (χ3v) is 5.89. The van der Waals surface area contributed by atoms with Crippen molar-refractivity contribution in [3.05, 3.63) is 111 Å². The Kier molecular flexibility index (Phi) is 7.10. The lowest BCUT2D eigenvalue weighted by molar-refractivity contribution is -0.112. The first-order valence-corrected chi connectivity index (χ1v) is 11.6. The number of ether oxygens (including phenoxy) is 1. The van der Waals surface area contributed by atoms with Crippen LogP contribution in [0.15, 0.2) is 88.9 Å². The van der Waals surface area contributed by atoms with Gasteiger partial charge in [0.2, 0.25) is 0 Å². The second-order valence-electron chi connectivity index (χ2n) is 8.11. The van der Waals surface area contributed by atoms with Crippen LogP contribution in [0.2, 0.25) is 0 Å². The summed E-state index contributed by atoms with van der Waals surface area (Å²) in [6, 6.07) is 27.3. The normalized spacial score (nSPS) is 11.2. The van der Waals surface area contributed by atoms with Crippen molar-refractivity contribution in [1.82, 2.24) is 0 Å². The number of amides is 1. The highest BCUT2D eigenvalue weighted by Crippen LogP contribution is 2.31. The molecule has 4 aromatic rings. The van der Waals surface area contributed by atoms with Crippen molar-refractivity contribution in [3.8, 4) is 11.8 Å². The molecule has 1 amide bonds. The maximum absolute atomic E-state index is 12.9. The van der Waals surface area contributed by atoms with Gasteiger partial charge >= 0.3 is 0 Å². The van der Waals surface area contributed by atoms with Gasteiger partial charge in [-0.05, 0) is 66.6 Å². The number of nitrogens with one attached hydrogen (secondary N) is 1. The van der Waals surface area contributed by atoms with Crippen molar-refractivity contribution < 1.29 is 9.53 Å². The summed E-state index contributed by atoms with van der Waals surface area (Å²) in [5.41, 5.74) is 4.72. The third-order valence-electron chi connectivity index (χ3n) is 5.36. The molecule has 0 aliphatic heterocycles. The van der Waals surface area contributed by atoms with Crippen LogP contribution in [0.3, 0.4) is 0 Å². The number of halogens is 1. The molecule has 0 heterocycles. The van der Waals surface area contributed by atoms with E-state index in [1.54, 1.807) is 18.2 Å². The Balaban J connectivity index is 1.70. The molecule has 4 nitrogen and oxygen atoms in total. The maximum atomic E-state index is 12.9. The zero-order chi connectivity index (χ0) is 24.1. The first-order valence-electron chi connectivity index (χ1n) is 10.8. The van der Waals surface area contributed by atoms with Crippen LogP contribution in [0.5, 0.6) is 5.75 Å². The highest BCUT2D eigenvalue weighted by Gasteiger charge is 2.14. The Hall–Kier alpha value is -3.88. The Labute approximate surface area is 207 Å². The average Bonchev–Trinajstić information content (AvgIpc) is 2.82. The van der Waals surface area contributed by atoms with Gasteiger partial charge in [0.25, 0.3) is 5.91 Å². The van der Waals surface area contributed by atoms with Crippen LogP contribution in [-0.4, -0.2) is 5.91 Å². The summed E-state index contributed by atoms with van der Waals surface area (Å²) in [6.07, 6.45) is 1.60. The highest BCUT2D eigenvalue weighted by atomic mass is 79.9. The molecule has 0 aliphatic carbocycles. The zero-order valence-electron chi connectivity index (χ0n) is 18.9. The van der Waals surface area contributed by atoms with E-state index in [4.69, 9.17) is 4.74 Å². The number of anilines is 1. The van der Waals surface area contributed by atoms with Crippen LogP contribution in [0.4, 0.5) is 5.69 Å². The number of nitrogens with zero attached hydrogens (tertiary/aromatic N) is 1. The van der Waals surface area contributed by atoms with Gasteiger partial charge in [0, 0.05) is 15.7 Å². The summed E-state index contributed by atoms with van der Waals surface area (Å²) >= 11 is 3.38. The summed E-state index contributed by atoms with van der Waals surface area (Å²) in [6.45, 7) is 4.50. The Morgan fingerprint density at radius 2 is 1.71 bits per heavy atom. The average molecular weight is 511 g/mol. The summed E-state index contributed by atoms with van der Waals surface area (Å²) in [4.78, 5) is 12.9. The first-order chi connectivity index (χ1) is 16.4. The molecule has 0 atom stereocenters. The van der Waals surface area contributed by atoms with E-state index in [-0.39, 0.29) is 5.57 Å². The fourth-order valence-corrected chi connectivity index (χ4v) is 4.15. The van der Waals surface area contributed by atoms with Crippen LogP contribution in [-0.2, 0) is 11.4 Å². The van der Waals surface area contributed by atoms with Gasteiger partial charge in [0.1, 0.15) is 24.0 Å². The number of benzene rings is 4. The number of aryl methyl sites for hydroxylation is 2. The largest absolute Gasteiger partial charge is 0.488 e. The number of nitriles is 1. The minimum absolute atomic E-state index is 0.00415. The predicted molar refractivity (Wildman–Crippen MR) is 141 cm³/mol. The van der Waals surface area contributed by atoms with Gasteiger partial charge in [0.15, 0.2) is 0 Å². The lowest BCUT2D eigenvalue weighted by atomic mass is 10.0. The van der Waals surface area contributed by atoms with Crippen LogP contribution >= 0.6 is 15.9 Å². The molecule has 34 heavy (non-hydrogen) atoms. The molecular weight excluding hydrogens is 488 g/mol. The van der Waals surface area contributed by atoms with E-state index in [1.807, 2.05) is 54.6 Å². The fourth-order valence-electron chi connectivity index (χ4n) is 3.89. The molecular formula is C29H23BrN2O2. The van der Waals surface area contributed by atoms with E-state index in [0.717, 1.165) is 20.8 Å². The number of hydrogen-bond donors (Lipinski definition) is 1. The molecule has 1 N–H and O–H groups in total. The van der Waals surface area contributed by atoms with Crippen molar-refractivity contribution in [2.75, 3.05) is 5.32 Å². The SMILES string of the molecule is Cc1cc(C)cc(COc2ccc3ccccc3c2/C=C(\C#N)C(=O)Nc2ccc(Br)cc2)c1. The van der Waals surface area contributed by atoms with Gasteiger partial charge in [-0.25, -0.2) is 0 Å². The summed E-state index contributed by atoms with van der Waals surface area (Å²) in [5.74, 6) is 0.139. The van der Waals surface area contributed by atoms with Gasteiger partial charge < -0.3 is 10.1 Å². The molecule has 0 spiro atoms. The van der Waals surface area contributed by atoms with Crippen molar-refractivity contribution >= 4 is 44.4 Å². The molecule has 0 unspecified atom stereocenters. The number of fused-ring (bicyclic) bond motifs is 1. The molecule has 4 aromatic carbocycles. The van der Waals surface area contributed by atoms with Gasteiger partial charge in [-0.2, -0.15) is 5.26 Å². The van der Waals surface area contributed by atoms with Crippen molar-refractivity contribution in [1.29, 1.82) is 5.26 Å². The summed E-state index contributed by atoms with van der Waals surface area (Å²) in [7, 11) is 0. The van der Waals surface area contributed by atoms with Crippen LogP contribution in [0, 0.1) is 25.2 Å². The lowest BCUT2D eigenvalue weighted by Gasteiger charge is -2.14. The number of rotatable bonds is 6. The lowest BCUT2D eigenvalue weighted by Crippen LogP contribution is -2.13. The van der Waals surface area contributed by atoms with Crippen LogP contribution in [0.1, 0.15) is 22.3 Å². The van der Waals surface area contributed by atoms with E-state index in [0.29, 0.717) is 23.6 Å². The van der Waals surface area contributed by atoms with Gasteiger partial charge in [-0.1, -0.05) is 75.6 Å². The van der Waals surface area contributed by atoms with Crippen molar-refractivity contribution in [2.24, 2.45) is 0 Å². The molecule has 0 bridgehead atoms. The monoisotopic (exact) mass is 510 g/mol. The van der Waals surface area contributed by atoms with E-state index >= 15 is 0 Å². The highest BCUT2D eigenvalue weighted by molar-refractivity contribution is 9.10. The molecule has 0 fully saturated rings. The van der Waals surface area contributed by atoms with E-state index < -0.39 is 5.91 Å². The topological polar surface area (TPSA) is 62.1 Å². The summed E-state index contributed by atoms with van der Waals surface area (Å²) in [5, 5.41) is 14.5. The Morgan fingerprint density at radius 1 is 1.00 bits per heavy atom.